The first-order valence-corrected chi connectivity index (χ1v) is 12.6. The quantitative estimate of drug-likeness (QED) is 0.365. The van der Waals surface area contributed by atoms with Crippen molar-refractivity contribution in [1.82, 2.24) is 0 Å². The van der Waals surface area contributed by atoms with Crippen molar-refractivity contribution >= 4 is 8.69 Å². The number of benzene rings is 2. The maximum atomic E-state index is 14.5. The first-order chi connectivity index (χ1) is 14.5. The Labute approximate surface area is 197 Å². The fourth-order valence-corrected chi connectivity index (χ4v) is 5.59. The van der Waals surface area contributed by atoms with Crippen LogP contribution in [0.4, 0.5) is 4.20 Å². The molecule has 0 saturated carbocycles. The highest BCUT2D eigenvalue weighted by molar-refractivity contribution is 7.42. The number of halogens is 1. The molecule has 0 radical (unpaired) electrons. The molecule has 0 bridgehead atoms. The summed E-state index contributed by atoms with van der Waals surface area (Å²) in [6.45, 7) is 22.5. The number of rotatable bonds is 8. The SMILES string of the molecule is CC(C)(C)CC(C)(C)c1ccc(OP(F)Oc2ccc(C(C)(C)CC(C)(C)C)cc2)cc1. The highest BCUT2D eigenvalue weighted by Gasteiger charge is 2.28. The normalized spacial score (nSPS) is 13.4. The Bertz CT molecular complexity index is 783. The first-order valence-electron chi connectivity index (χ1n) is 11.5. The zero-order valence-electron chi connectivity index (χ0n) is 21.7. The Morgan fingerprint density at radius 2 is 0.844 bits per heavy atom. The fourth-order valence-electron chi connectivity index (χ4n) is 4.97. The third-order valence-corrected chi connectivity index (χ3v) is 6.28. The molecule has 2 rings (SSSR count). The van der Waals surface area contributed by atoms with Gasteiger partial charge in [-0.1, -0.05) is 93.5 Å². The third kappa shape index (κ3) is 8.39. The molecule has 0 fully saturated rings. The van der Waals surface area contributed by atoms with Crippen molar-refractivity contribution in [3.8, 4) is 11.5 Å². The van der Waals surface area contributed by atoms with Crippen molar-refractivity contribution in [3.05, 3.63) is 59.7 Å². The van der Waals surface area contributed by atoms with Gasteiger partial charge in [0.15, 0.2) is 0 Å². The van der Waals surface area contributed by atoms with Crippen molar-refractivity contribution in [3.63, 3.8) is 0 Å². The van der Waals surface area contributed by atoms with E-state index in [1.54, 1.807) is 0 Å². The van der Waals surface area contributed by atoms with Gasteiger partial charge in [0, 0.05) is 0 Å². The molecule has 0 aromatic heterocycles. The standard InChI is InChI=1S/C28H42FO2P/c1-25(2,3)19-27(7,8)21-11-15-23(16-12-21)30-32(29)31-24-17-13-22(14-18-24)28(9,10)20-26(4,5)6/h11-18H,19-20H2,1-10H3. The molecule has 0 N–H and O–H groups in total. The van der Waals surface area contributed by atoms with Crippen LogP contribution in [0.1, 0.15) is 93.2 Å². The van der Waals surface area contributed by atoms with Gasteiger partial charge in [-0.15, -0.1) is 4.20 Å². The Kier molecular flexibility index (Phi) is 8.09. The summed E-state index contributed by atoms with van der Waals surface area (Å²) < 4.78 is 25.4. The van der Waals surface area contributed by atoms with Gasteiger partial charge in [-0.05, 0) is 69.9 Å². The molecule has 4 heteroatoms. The van der Waals surface area contributed by atoms with Crippen molar-refractivity contribution < 1.29 is 13.2 Å². The van der Waals surface area contributed by atoms with Crippen molar-refractivity contribution in [2.24, 2.45) is 10.8 Å². The molecule has 0 aliphatic heterocycles. The fraction of sp³-hybridized carbons (Fsp3) is 0.571. The van der Waals surface area contributed by atoms with Crippen molar-refractivity contribution in [2.75, 3.05) is 0 Å². The summed E-state index contributed by atoms with van der Waals surface area (Å²) in [4.78, 5) is 0. The Balaban J connectivity index is 1.98. The van der Waals surface area contributed by atoms with Crippen LogP contribution in [0.15, 0.2) is 48.5 Å². The van der Waals surface area contributed by atoms with E-state index in [2.05, 4.69) is 69.2 Å². The predicted molar refractivity (Wildman–Crippen MR) is 136 cm³/mol. The van der Waals surface area contributed by atoms with Crippen molar-refractivity contribution in [2.45, 2.75) is 92.9 Å². The minimum absolute atomic E-state index is 0.0379. The molecule has 0 aliphatic rings. The van der Waals surface area contributed by atoms with Crippen LogP contribution < -0.4 is 9.05 Å². The molecule has 0 atom stereocenters. The molecule has 2 aromatic rings. The summed E-state index contributed by atoms with van der Waals surface area (Å²) >= 11 is 0. The minimum atomic E-state index is -2.55. The van der Waals surface area contributed by atoms with Crippen LogP contribution in [0, 0.1) is 10.8 Å². The molecule has 32 heavy (non-hydrogen) atoms. The number of hydrogen-bond acceptors (Lipinski definition) is 2. The van der Waals surface area contributed by atoms with Gasteiger partial charge in [0.2, 0.25) is 0 Å². The van der Waals surface area contributed by atoms with E-state index in [0.717, 1.165) is 12.8 Å². The van der Waals surface area contributed by atoms with Gasteiger partial charge in [0.1, 0.15) is 11.5 Å². The lowest BCUT2D eigenvalue weighted by Gasteiger charge is -2.33. The van der Waals surface area contributed by atoms with Gasteiger partial charge in [-0.2, -0.15) is 0 Å². The van der Waals surface area contributed by atoms with Crippen LogP contribution in [0.5, 0.6) is 11.5 Å². The third-order valence-electron chi connectivity index (χ3n) is 5.57. The monoisotopic (exact) mass is 460 g/mol. The maximum absolute atomic E-state index is 14.5. The first kappa shape index (κ1) is 26.7. The van der Waals surface area contributed by atoms with Crippen LogP contribution >= 0.6 is 8.69 Å². The topological polar surface area (TPSA) is 18.5 Å². The summed E-state index contributed by atoms with van der Waals surface area (Å²) in [5.74, 6) is 0.966. The molecule has 0 unspecified atom stereocenters. The van der Waals surface area contributed by atoms with Crippen LogP contribution in [-0.2, 0) is 10.8 Å². The van der Waals surface area contributed by atoms with E-state index >= 15 is 0 Å². The average Bonchev–Trinajstić information content (AvgIpc) is 2.58. The van der Waals surface area contributed by atoms with E-state index in [9.17, 15) is 4.20 Å². The summed E-state index contributed by atoms with van der Waals surface area (Å²) in [5, 5.41) is 0. The van der Waals surface area contributed by atoms with Crippen LogP contribution in [0.3, 0.4) is 0 Å². The van der Waals surface area contributed by atoms with Gasteiger partial charge in [-0.25, -0.2) is 0 Å². The maximum Gasteiger partial charge on any atom is 0.505 e. The summed E-state index contributed by atoms with van der Waals surface area (Å²) in [7, 11) is -2.55. The molecular weight excluding hydrogens is 418 g/mol. The lowest BCUT2D eigenvalue weighted by Crippen LogP contribution is -2.24. The van der Waals surface area contributed by atoms with E-state index in [1.807, 2.05) is 48.5 Å². The van der Waals surface area contributed by atoms with Crippen LogP contribution in [-0.4, -0.2) is 0 Å². The number of hydrogen-bond donors (Lipinski definition) is 0. The molecule has 0 heterocycles. The summed E-state index contributed by atoms with van der Waals surface area (Å²) in [5.41, 5.74) is 2.98. The van der Waals surface area contributed by atoms with E-state index in [1.165, 1.54) is 11.1 Å². The minimum Gasteiger partial charge on any atom is -0.415 e. The van der Waals surface area contributed by atoms with E-state index in [-0.39, 0.29) is 21.7 Å². The van der Waals surface area contributed by atoms with Gasteiger partial charge < -0.3 is 9.05 Å². The Morgan fingerprint density at radius 3 is 1.09 bits per heavy atom. The van der Waals surface area contributed by atoms with Crippen molar-refractivity contribution in [1.29, 1.82) is 0 Å². The molecule has 2 aromatic carbocycles. The molecule has 0 saturated heterocycles. The van der Waals surface area contributed by atoms with Gasteiger partial charge in [0.05, 0.1) is 0 Å². The second kappa shape index (κ2) is 9.72. The van der Waals surface area contributed by atoms with E-state index in [4.69, 9.17) is 9.05 Å². The molecular formula is C28H42FO2P. The predicted octanol–water partition coefficient (Wildman–Crippen LogP) is 9.77. The zero-order valence-corrected chi connectivity index (χ0v) is 22.6. The van der Waals surface area contributed by atoms with Crippen LogP contribution in [0.2, 0.25) is 0 Å². The molecule has 0 aliphatic carbocycles. The second-order valence-electron chi connectivity index (χ2n) is 12.7. The zero-order chi connectivity index (χ0) is 24.4. The van der Waals surface area contributed by atoms with Gasteiger partial charge in [-0.3, -0.25) is 0 Å². The molecule has 178 valence electrons. The lowest BCUT2D eigenvalue weighted by molar-refractivity contribution is 0.283. The lowest BCUT2D eigenvalue weighted by atomic mass is 9.72. The van der Waals surface area contributed by atoms with Crippen LogP contribution in [0.25, 0.3) is 0 Å². The highest BCUT2D eigenvalue weighted by atomic mass is 31.2. The average molecular weight is 461 g/mol. The van der Waals surface area contributed by atoms with Gasteiger partial charge in [0.25, 0.3) is 0 Å². The molecule has 2 nitrogen and oxygen atoms in total. The molecule has 0 spiro atoms. The molecule has 0 amide bonds. The summed E-state index contributed by atoms with van der Waals surface area (Å²) in [6, 6.07) is 15.4. The Morgan fingerprint density at radius 1 is 0.562 bits per heavy atom. The van der Waals surface area contributed by atoms with E-state index < -0.39 is 8.69 Å². The highest BCUT2D eigenvalue weighted by Crippen LogP contribution is 2.43. The summed E-state index contributed by atoms with van der Waals surface area (Å²) in [6.07, 6.45) is 2.11. The Hall–Kier alpha value is -1.60. The van der Waals surface area contributed by atoms with Gasteiger partial charge >= 0.3 is 8.69 Å². The van der Waals surface area contributed by atoms with E-state index in [0.29, 0.717) is 11.5 Å². The smallest absolute Gasteiger partial charge is 0.415 e. The largest absolute Gasteiger partial charge is 0.505 e. The second-order valence-corrected chi connectivity index (χ2v) is 13.5.